The summed E-state index contributed by atoms with van der Waals surface area (Å²) in [5.41, 5.74) is 17.2. The number of fused-ring (bicyclic) bond motifs is 2. The highest BCUT2D eigenvalue weighted by Gasteiger charge is 2.22. The van der Waals surface area contributed by atoms with Gasteiger partial charge in [0.1, 0.15) is 0 Å². The zero-order valence-corrected chi connectivity index (χ0v) is 34.7. The molecule has 0 aromatic heterocycles. The summed E-state index contributed by atoms with van der Waals surface area (Å²) in [4.78, 5) is 2.52. The van der Waals surface area contributed by atoms with Crippen LogP contribution >= 0.6 is 0 Å². The largest absolute Gasteiger partial charge is 0.364 e. The molecule has 2 heteroatoms. The van der Waals surface area contributed by atoms with Gasteiger partial charge in [0.25, 0.3) is 0 Å². The first-order chi connectivity index (χ1) is 30.7. The summed E-state index contributed by atoms with van der Waals surface area (Å²) in [7, 11) is 0. The summed E-state index contributed by atoms with van der Waals surface area (Å²) in [5, 5.41) is 6.08. The maximum absolute atomic E-state index is 3.60. The van der Waals surface area contributed by atoms with Gasteiger partial charge in [-0.2, -0.15) is 0 Å². The minimum absolute atomic E-state index is 0.138. The molecule has 62 heavy (non-hydrogen) atoms. The highest BCUT2D eigenvalue weighted by Crippen LogP contribution is 2.39. The Labute approximate surface area is 366 Å². The average Bonchev–Trinajstić information content (AvgIpc) is 3.71. The van der Waals surface area contributed by atoms with Gasteiger partial charge < -0.3 is 10.2 Å². The Morgan fingerprint density at radius 2 is 1.21 bits per heavy atom. The summed E-state index contributed by atoms with van der Waals surface area (Å²) in [6.07, 6.45) is 37.8. The Hall–Kier alpha value is -7.68. The van der Waals surface area contributed by atoms with E-state index >= 15 is 0 Å². The van der Waals surface area contributed by atoms with E-state index < -0.39 is 0 Å². The average molecular weight is 797 g/mol. The molecule has 4 aliphatic rings. The lowest BCUT2D eigenvalue weighted by molar-refractivity contribution is 0.787. The van der Waals surface area contributed by atoms with E-state index in [1.54, 1.807) is 0 Å². The van der Waals surface area contributed by atoms with E-state index in [0.29, 0.717) is 0 Å². The lowest BCUT2D eigenvalue weighted by Gasteiger charge is -2.34. The predicted octanol–water partition coefficient (Wildman–Crippen LogP) is 15.4. The van der Waals surface area contributed by atoms with Crippen molar-refractivity contribution in [3.63, 3.8) is 0 Å². The molecule has 1 atom stereocenters. The van der Waals surface area contributed by atoms with Crippen LogP contribution in [0.15, 0.2) is 265 Å². The van der Waals surface area contributed by atoms with Crippen LogP contribution in [0.1, 0.15) is 30.4 Å². The monoisotopic (exact) mass is 796 g/mol. The quantitative estimate of drug-likeness (QED) is 0.173. The molecule has 0 bridgehead atoms. The Kier molecular flexibility index (Phi) is 11.1. The highest BCUT2D eigenvalue weighted by molar-refractivity contribution is 5.88. The minimum atomic E-state index is 0.138. The molecule has 1 heterocycles. The lowest BCUT2D eigenvalue weighted by atomic mass is 9.88. The molecule has 0 radical (unpaired) electrons. The standard InChI is InChI=1S/C60H48N2/c1-2-12-39-61-60-28-9-4-8-27-58(60)59-43-54(24-13-21-49(59)19-5-1)51-23-14-22-50(40-51)53-25-15-26-56(42-53)62(57-38-35-45-18-10-11-20-52(45)41-57)55-36-33-48(34-37-55)47-31-29-46(30-32-47)44-16-6-3-7-17-44/h1-27,29-36,38-42,55,61H,28,37,43H2/b2-1-,19-5-,39-12+. The summed E-state index contributed by atoms with van der Waals surface area (Å²) in [6.45, 7) is 0. The molecule has 10 rings (SSSR count). The van der Waals surface area contributed by atoms with Crippen molar-refractivity contribution in [1.29, 1.82) is 0 Å². The van der Waals surface area contributed by atoms with Gasteiger partial charge in [-0.05, 0) is 121 Å². The van der Waals surface area contributed by atoms with Crippen LogP contribution in [0.2, 0.25) is 0 Å². The fraction of sp³-hybridized carbons (Fsp3) is 0.0667. The van der Waals surface area contributed by atoms with Crippen molar-refractivity contribution >= 4 is 33.3 Å². The first-order valence-electron chi connectivity index (χ1n) is 21.7. The number of anilines is 2. The highest BCUT2D eigenvalue weighted by atomic mass is 15.2. The van der Waals surface area contributed by atoms with Gasteiger partial charge in [-0.3, -0.25) is 0 Å². The summed E-state index contributed by atoms with van der Waals surface area (Å²) in [6, 6.07) is 53.4. The van der Waals surface area contributed by atoms with Crippen molar-refractivity contribution in [3.8, 4) is 22.3 Å². The molecule has 0 saturated carbocycles. The fourth-order valence-corrected chi connectivity index (χ4v) is 8.96. The third-order valence-electron chi connectivity index (χ3n) is 12.2. The van der Waals surface area contributed by atoms with Crippen molar-refractivity contribution < 1.29 is 0 Å². The van der Waals surface area contributed by atoms with Gasteiger partial charge in [0, 0.05) is 29.7 Å². The van der Waals surface area contributed by atoms with Crippen molar-refractivity contribution in [1.82, 2.24) is 5.32 Å². The molecular weight excluding hydrogens is 749 g/mol. The number of nitrogens with zero attached hydrogens (tertiary/aromatic N) is 1. The minimum Gasteiger partial charge on any atom is -0.364 e. The van der Waals surface area contributed by atoms with E-state index in [1.165, 1.54) is 89.1 Å². The van der Waals surface area contributed by atoms with Crippen molar-refractivity contribution in [3.05, 3.63) is 276 Å². The second-order valence-electron chi connectivity index (χ2n) is 16.1. The van der Waals surface area contributed by atoms with E-state index in [9.17, 15) is 0 Å². The van der Waals surface area contributed by atoms with Crippen LogP contribution in [0.3, 0.4) is 0 Å². The molecule has 6 aromatic carbocycles. The molecular formula is C60H48N2. The second kappa shape index (κ2) is 17.9. The zero-order valence-electron chi connectivity index (χ0n) is 34.7. The molecule has 0 fully saturated rings. The first-order valence-corrected chi connectivity index (χ1v) is 21.7. The smallest absolute Gasteiger partial charge is 0.0560 e. The Morgan fingerprint density at radius 1 is 0.500 bits per heavy atom. The lowest BCUT2D eigenvalue weighted by Crippen LogP contribution is -2.30. The van der Waals surface area contributed by atoms with Crippen molar-refractivity contribution in [2.45, 2.75) is 25.3 Å². The summed E-state index contributed by atoms with van der Waals surface area (Å²) < 4.78 is 0. The molecule has 1 N–H and O–H groups in total. The maximum Gasteiger partial charge on any atom is 0.0560 e. The van der Waals surface area contributed by atoms with Gasteiger partial charge in [0.05, 0.1) is 6.04 Å². The van der Waals surface area contributed by atoms with Crippen LogP contribution in [0.5, 0.6) is 0 Å². The van der Waals surface area contributed by atoms with Crippen LogP contribution in [0.4, 0.5) is 11.4 Å². The third-order valence-corrected chi connectivity index (χ3v) is 12.2. The van der Waals surface area contributed by atoms with Gasteiger partial charge in [-0.15, -0.1) is 0 Å². The molecule has 0 spiro atoms. The van der Waals surface area contributed by atoms with Gasteiger partial charge in [0.15, 0.2) is 0 Å². The Balaban J connectivity index is 0.968. The number of nitrogens with one attached hydrogen (secondary N) is 1. The van der Waals surface area contributed by atoms with Crippen molar-refractivity contribution in [2.75, 3.05) is 4.90 Å². The van der Waals surface area contributed by atoms with Crippen LogP contribution < -0.4 is 10.2 Å². The number of allylic oxidation sites excluding steroid dienone is 18. The van der Waals surface area contributed by atoms with E-state index in [0.717, 1.165) is 19.3 Å². The second-order valence-corrected chi connectivity index (χ2v) is 16.1. The normalized spacial score (nSPS) is 18.6. The van der Waals surface area contributed by atoms with Gasteiger partial charge in [0.2, 0.25) is 0 Å². The number of benzene rings is 6. The number of rotatable bonds is 7. The molecule has 0 saturated heterocycles. The number of hydrogen-bond acceptors (Lipinski definition) is 2. The van der Waals surface area contributed by atoms with Gasteiger partial charge in [-0.1, -0.05) is 200 Å². The molecule has 1 unspecified atom stereocenters. The molecule has 3 aliphatic carbocycles. The molecule has 298 valence electrons. The third kappa shape index (κ3) is 8.37. The fourth-order valence-electron chi connectivity index (χ4n) is 8.96. The predicted molar refractivity (Wildman–Crippen MR) is 265 cm³/mol. The molecule has 0 amide bonds. The SMILES string of the molecule is C1=CCC2=C(C=C1)C1=C(C=CC=C(c3cccc(-c4cccc(N(c5ccc6ccccc6c5)C5C=CC(c6ccc(-c7ccccc7)cc6)=CC5)c4)c3)C1)\C=C/C=C\C=C\N2. The molecule has 1 aliphatic heterocycles. The maximum atomic E-state index is 3.60. The van der Waals surface area contributed by atoms with Crippen LogP contribution in [-0.4, -0.2) is 6.04 Å². The summed E-state index contributed by atoms with van der Waals surface area (Å²) in [5.74, 6) is 0. The van der Waals surface area contributed by atoms with E-state index in [1.807, 2.05) is 6.20 Å². The van der Waals surface area contributed by atoms with Crippen molar-refractivity contribution in [2.24, 2.45) is 0 Å². The van der Waals surface area contributed by atoms with Gasteiger partial charge >= 0.3 is 0 Å². The Morgan fingerprint density at radius 3 is 2.08 bits per heavy atom. The Bertz CT molecular complexity index is 2990. The van der Waals surface area contributed by atoms with Crippen LogP contribution in [0, 0.1) is 0 Å². The van der Waals surface area contributed by atoms with Crippen LogP contribution in [0.25, 0.3) is 44.2 Å². The van der Waals surface area contributed by atoms with E-state index in [2.05, 4.69) is 247 Å². The van der Waals surface area contributed by atoms with Crippen LogP contribution in [-0.2, 0) is 0 Å². The zero-order chi connectivity index (χ0) is 41.5. The first kappa shape index (κ1) is 38.5. The summed E-state index contributed by atoms with van der Waals surface area (Å²) >= 11 is 0. The van der Waals surface area contributed by atoms with E-state index in [4.69, 9.17) is 0 Å². The number of hydrogen-bond donors (Lipinski definition) is 1. The van der Waals surface area contributed by atoms with E-state index in [-0.39, 0.29) is 6.04 Å². The topological polar surface area (TPSA) is 15.3 Å². The molecule has 2 nitrogen and oxygen atoms in total. The molecule has 6 aromatic rings. The van der Waals surface area contributed by atoms with Gasteiger partial charge in [-0.25, -0.2) is 0 Å².